The summed E-state index contributed by atoms with van der Waals surface area (Å²) >= 11 is 0. The minimum atomic E-state index is -4.52. The van der Waals surface area contributed by atoms with E-state index in [9.17, 15) is 13.2 Å². The van der Waals surface area contributed by atoms with E-state index in [-0.39, 0.29) is 5.56 Å². The number of hydrogen-bond donors (Lipinski definition) is 0. The average Bonchev–Trinajstić information content (AvgIpc) is 3.64. The van der Waals surface area contributed by atoms with Crippen molar-refractivity contribution in [2.45, 2.75) is 24.4 Å². The highest BCUT2D eigenvalue weighted by atomic mass is 19.4. The van der Waals surface area contributed by atoms with E-state index >= 15 is 0 Å². The van der Waals surface area contributed by atoms with Crippen LogP contribution in [0, 0.1) is 0 Å². The lowest BCUT2D eigenvalue weighted by molar-refractivity contribution is -0.166. The Morgan fingerprint density at radius 2 is 1.21 bits per heavy atom. The van der Waals surface area contributed by atoms with Crippen molar-refractivity contribution in [1.82, 2.24) is 4.98 Å². The average molecular weight is 393 g/mol. The Morgan fingerprint density at radius 1 is 0.655 bits per heavy atom. The number of nitrogens with zero attached hydrogens (tertiary/aromatic N) is 5. The topological polar surface area (TPSA) is 62.3 Å². The van der Waals surface area contributed by atoms with Gasteiger partial charge >= 0.3 is 11.8 Å². The SMILES string of the molecule is CC1(c2ccc(-c3ccc(-c4ccc(C5(C(F)(F)F)N=N5)cc4)nc3)cc2)N=N1. The molecule has 0 bridgehead atoms. The van der Waals surface area contributed by atoms with Gasteiger partial charge in [-0.15, -0.1) is 10.2 Å². The summed E-state index contributed by atoms with van der Waals surface area (Å²) in [5.41, 5.74) is 1.59. The van der Waals surface area contributed by atoms with Crippen LogP contribution >= 0.6 is 0 Å². The third-order valence-corrected chi connectivity index (χ3v) is 5.21. The molecule has 3 heterocycles. The first kappa shape index (κ1) is 17.7. The predicted molar refractivity (Wildman–Crippen MR) is 99.9 cm³/mol. The van der Waals surface area contributed by atoms with E-state index < -0.39 is 17.5 Å². The fourth-order valence-electron chi connectivity index (χ4n) is 3.22. The fraction of sp³-hybridized carbons (Fsp3) is 0.190. The van der Waals surface area contributed by atoms with Crippen LogP contribution in [-0.4, -0.2) is 11.2 Å². The van der Waals surface area contributed by atoms with Crippen LogP contribution in [0.15, 0.2) is 87.3 Å². The summed E-state index contributed by atoms with van der Waals surface area (Å²) in [7, 11) is 0. The van der Waals surface area contributed by atoms with Crippen molar-refractivity contribution in [2.75, 3.05) is 0 Å². The zero-order valence-electron chi connectivity index (χ0n) is 15.2. The van der Waals surface area contributed by atoms with Gasteiger partial charge in [0.05, 0.1) is 5.69 Å². The minimum Gasteiger partial charge on any atom is -0.256 e. The lowest BCUT2D eigenvalue weighted by Crippen LogP contribution is -2.29. The van der Waals surface area contributed by atoms with Gasteiger partial charge in [-0.1, -0.05) is 54.6 Å². The molecule has 5 nitrogen and oxygen atoms in total. The standard InChI is InChI=1S/C21H14F3N5/c1-19(26-27-19)16-7-2-13(3-8-16)15-6-11-18(25-12-15)14-4-9-17(10-5-14)20(28-29-20)21(22,23)24/h2-12H,1H3. The molecular formula is C21H14F3N5. The molecule has 0 saturated heterocycles. The van der Waals surface area contributed by atoms with Crippen molar-refractivity contribution in [3.05, 3.63) is 78.0 Å². The zero-order valence-corrected chi connectivity index (χ0v) is 15.2. The molecule has 0 spiro atoms. The molecular weight excluding hydrogens is 379 g/mol. The van der Waals surface area contributed by atoms with E-state index in [0.717, 1.165) is 22.3 Å². The van der Waals surface area contributed by atoms with E-state index in [4.69, 9.17) is 0 Å². The largest absolute Gasteiger partial charge is 0.442 e. The number of hydrogen-bond acceptors (Lipinski definition) is 5. The van der Waals surface area contributed by atoms with E-state index in [1.807, 2.05) is 43.3 Å². The van der Waals surface area contributed by atoms with Crippen LogP contribution in [-0.2, 0) is 11.3 Å². The third kappa shape index (κ3) is 2.91. The molecule has 0 radical (unpaired) electrons. The van der Waals surface area contributed by atoms with Gasteiger partial charge in [0.25, 0.3) is 0 Å². The van der Waals surface area contributed by atoms with Gasteiger partial charge in [0.1, 0.15) is 0 Å². The van der Waals surface area contributed by atoms with Crippen molar-refractivity contribution >= 4 is 0 Å². The number of halogens is 3. The normalized spacial score (nSPS) is 17.9. The van der Waals surface area contributed by atoms with Crippen LogP contribution in [0.2, 0.25) is 0 Å². The van der Waals surface area contributed by atoms with Crippen LogP contribution in [0.5, 0.6) is 0 Å². The van der Waals surface area contributed by atoms with Crippen molar-refractivity contribution in [2.24, 2.45) is 20.5 Å². The third-order valence-electron chi connectivity index (χ3n) is 5.21. The molecule has 2 aliphatic heterocycles. The Hall–Kier alpha value is -3.42. The molecule has 8 heteroatoms. The van der Waals surface area contributed by atoms with Crippen LogP contribution < -0.4 is 0 Å². The van der Waals surface area contributed by atoms with Gasteiger partial charge in [-0.3, -0.25) is 4.98 Å². The molecule has 2 aromatic carbocycles. The molecule has 0 aliphatic carbocycles. The lowest BCUT2D eigenvalue weighted by atomic mass is 9.99. The Balaban J connectivity index is 1.35. The van der Waals surface area contributed by atoms with Gasteiger partial charge in [0.2, 0.25) is 5.66 Å². The summed E-state index contributed by atoms with van der Waals surface area (Å²) in [6.07, 6.45) is -2.78. The molecule has 0 N–H and O–H groups in total. The smallest absolute Gasteiger partial charge is 0.256 e. The van der Waals surface area contributed by atoms with Crippen molar-refractivity contribution in [3.8, 4) is 22.4 Å². The highest BCUT2D eigenvalue weighted by Gasteiger charge is 2.65. The summed E-state index contributed by atoms with van der Waals surface area (Å²) < 4.78 is 39.3. The van der Waals surface area contributed by atoms with Crippen molar-refractivity contribution in [3.63, 3.8) is 0 Å². The molecule has 0 amide bonds. The maximum Gasteiger partial charge on any atom is 0.442 e. The molecule has 0 unspecified atom stereocenters. The second-order valence-corrected chi connectivity index (χ2v) is 7.18. The number of pyridine rings is 1. The Bertz CT molecular complexity index is 1120. The van der Waals surface area contributed by atoms with Crippen LogP contribution in [0.1, 0.15) is 18.1 Å². The zero-order chi connectivity index (χ0) is 20.3. The molecule has 0 atom stereocenters. The van der Waals surface area contributed by atoms with Gasteiger partial charge in [-0.25, -0.2) is 0 Å². The van der Waals surface area contributed by atoms with Crippen molar-refractivity contribution < 1.29 is 13.2 Å². The highest BCUT2D eigenvalue weighted by Crippen LogP contribution is 2.52. The first-order valence-corrected chi connectivity index (χ1v) is 8.94. The highest BCUT2D eigenvalue weighted by molar-refractivity contribution is 5.67. The minimum absolute atomic E-state index is 0.00767. The van der Waals surface area contributed by atoms with E-state index in [2.05, 4.69) is 25.4 Å². The predicted octanol–water partition coefficient (Wildman–Crippen LogP) is 6.24. The second kappa shape index (κ2) is 5.79. The fourth-order valence-corrected chi connectivity index (χ4v) is 3.22. The molecule has 5 rings (SSSR count). The van der Waals surface area contributed by atoms with E-state index in [1.54, 1.807) is 18.3 Å². The Labute approximate surface area is 164 Å². The molecule has 3 aromatic rings. The molecule has 2 aliphatic rings. The quantitative estimate of drug-likeness (QED) is 0.518. The van der Waals surface area contributed by atoms with Crippen molar-refractivity contribution in [1.29, 1.82) is 0 Å². The summed E-state index contributed by atoms with van der Waals surface area (Å²) in [6.45, 7) is 1.95. The maximum absolute atomic E-state index is 13.1. The Morgan fingerprint density at radius 3 is 1.69 bits per heavy atom. The van der Waals surface area contributed by atoms with E-state index in [1.165, 1.54) is 12.1 Å². The first-order valence-electron chi connectivity index (χ1n) is 8.94. The van der Waals surface area contributed by atoms with Crippen LogP contribution in [0.4, 0.5) is 13.2 Å². The summed E-state index contributed by atoms with van der Waals surface area (Å²) in [4.78, 5) is 4.46. The number of aromatic nitrogens is 1. The molecule has 144 valence electrons. The maximum atomic E-state index is 13.1. The second-order valence-electron chi connectivity index (χ2n) is 7.18. The number of rotatable bonds is 4. The summed E-state index contributed by atoms with van der Waals surface area (Å²) in [5.74, 6) is 0. The molecule has 0 saturated carbocycles. The Kier molecular flexibility index (Phi) is 3.53. The molecule has 1 aromatic heterocycles. The monoisotopic (exact) mass is 393 g/mol. The van der Waals surface area contributed by atoms with Gasteiger partial charge in [0.15, 0.2) is 0 Å². The molecule has 29 heavy (non-hydrogen) atoms. The first-order chi connectivity index (χ1) is 13.8. The van der Waals surface area contributed by atoms with Gasteiger partial charge < -0.3 is 0 Å². The number of benzene rings is 2. The van der Waals surface area contributed by atoms with Crippen LogP contribution in [0.3, 0.4) is 0 Å². The van der Waals surface area contributed by atoms with Gasteiger partial charge in [0, 0.05) is 28.5 Å². The molecule has 0 fully saturated rings. The van der Waals surface area contributed by atoms with Crippen LogP contribution in [0.25, 0.3) is 22.4 Å². The van der Waals surface area contributed by atoms with E-state index in [0.29, 0.717) is 5.69 Å². The van der Waals surface area contributed by atoms with Gasteiger partial charge in [-0.2, -0.15) is 23.4 Å². The summed E-state index contributed by atoms with van der Waals surface area (Å²) in [6, 6.07) is 17.7. The lowest BCUT2D eigenvalue weighted by Gasteiger charge is -2.15. The number of alkyl halides is 3. The summed E-state index contributed by atoms with van der Waals surface area (Å²) in [5, 5.41) is 14.5. The van der Waals surface area contributed by atoms with Gasteiger partial charge in [-0.05, 0) is 18.6 Å².